The van der Waals surface area contributed by atoms with Crippen LogP contribution in [0.5, 0.6) is 0 Å². The van der Waals surface area contributed by atoms with Crippen molar-refractivity contribution in [2.45, 2.75) is 45.6 Å². The highest BCUT2D eigenvalue weighted by Gasteiger charge is 2.03. The molecule has 0 bridgehead atoms. The van der Waals surface area contributed by atoms with Crippen LogP contribution in [-0.2, 0) is 9.53 Å². The van der Waals surface area contributed by atoms with Crippen LogP contribution in [-0.4, -0.2) is 18.6 Å². The van der Waals surface area contributed by atoms with Gasteiger partial charge < -0.3 is 4.74 Å². The molecule has 12 heavy (non-hydrogen) atoms. The zero-order valence-electron chi connectivity index (χ0n) is 7.93. The molecule has 0 aliphatic heterocycles. The lowest BCUT2D eigenvalue weighted by Crippen LogP contribution is -2.10. The van der Waals surface area contributed by atoms with Gasteiger partial charge in [0.05, 0.1) is 6.10 Å². The van der Waals surface area contributed by atoms with E-state index < -0.39 is 0 Å². The lowest BCUT2D eigenvalue weighted by atomic mass is 10.2. The Kier molecular flexibility index (Phi) is 6.76. The van der Waals surface area contributed by atoms with E-state index in [9.17, 15) is 4.79 Å². The van der Waals surface area contributed by atoms with Crippen molar-refractivity contribution in [2.24, 2.45) is 0 Å². The molecular formula is C9H18NO2. The number of rotatable bonds is 6. The molecule has 0 aliphatic carbocycles. The third kappa shape index (κ3) is 7.54. The van der Waals surface area contributed by atoms with E-state index in [2.05, 4.69) is 0 Å². The molecule has 0 aromatic heterocycles. The summed E-state index contributed by atoms with van der Waals surface area (Å²) in [4.78, 5) is 10.9. The summed E-state index contributed by atoms with van der Waals surface area (Å²) < 4.78 is 4.94. The first-order valence-corrected chi connectivity index (χ1v) is 4.51. The van der Waals surface area contributed by atoms with Crippen molar-refractivity contribution >= 4 is 5.97 Å². The molecular weight excluding hydrogens is 154 g/mol. The minimum absolute atomic E-state index is 0.00586. The third-order valence-corrected chi connectivity index (χ3v) is 1.42. The van der Waals surface area contributed by atoms with Gasteiger partial charge in [-0.2, -0.15) is 0 Å². The number of hydrogen-bond acceptors (Lipinski definition) is 2. The van der Waals surface area contributed by atoms with Crippen LogP contribution in [0.4, 0.5) is 0 Å². The van der Waals surface area contributed by atoms with Gasteiger partial charge in [-0.25, -0.2) is 0 Å². The number of esters is 1. The maximum absolute atomic E-state index is 10.9. The molecule has 3 heteroatoms. The minimum Gasteiger partial charge on any atom is -0.463 e. The van der Waals surface area contributed by atoms with Gasteiger partial charge in [-0.3, -0.25) is 10.5 Å². The Morgan fingerprint density at radius 3 is 2.50 bits per heavy atom. The Morgan fingerprint density at radius 1 is 1.33 bits per heavy atom. The third-order valence-electron chi connectivity index (χ3n) is 1.42. The van der Waals surface area contributed by atoms with E-state index in [0.717, 1.165) is 19.3 Å². The molecule has 0 rings (SSSR count). The Bertz CT molecular complexity index is 124. The summed E-state index contributed by atoms with van der Waals surface area (Å²) in [6, 6.07) is 0. The van der Waals surface area contributed by atoms with Crippen molar-refractivity contribution in [3.63, 3.8) is 0 Å². The summed E-state index contributed by atoms with van der Waals surface area (Å²) in [7, 11) is 0. The summed E-state index contributed by atoms with van der Waals surface area (Å²) in [5, 5.41) is 0. The fraction of sp³-hybridized carbons (Fsp3) is 0.889. The minimum atomic E-state index is -0.116. The molecule has 0 saturated heterocycles. The fourth-order valence-electron chi connectivity index (χ4n) is 0.893. The van der Waals surface area contributed by atoms with Gasteiger partial charge in [0.25, 0.3) is 0 Å². The Hall–Kier alpha value is -0.570. The predicted octanol–water partition coefficient (Wildman–Crippen LogP) is 1.78. The molecule has 0 atom stereocenters. The summed E-state index contributed by atoms with van der Waals surface area (Å²) in [6.07, 6.45) is 3.18. The van der Waals surface area contributed by atoms with Gasteiger partial charge in [0.15, 0.2) is 0 Å². The molecule has 0 fully saturated rings. The van der Waals surface area contributed by atoms with Crippen LogP contribution in [0.2, 0.25) is 0 Å². The van der Waals surface area contributed by atoms with Crippen molar-refractivity contribution < 1.29 is 9.53 Å². The van der Waals surface area contributed by atoms with Crippen LogP contribution >= 0.6 is 0 Å². The summed E-state index contributed by atoms with van der Waals surface area (Å²) in [6.45, 7) is 4.16. The van der Waals surface area contributed by atoms with E-state index in [-0.39, 0.29) is 12.1 Å². The summed E-state index contributed by atoms with van der Waals surface area (Å²) >= 11 is 0. The second-order valence-electron chi connectivity index (χ2n) is 3.10. The van der Waals surface area contributed by atoms with E-state index in [0.29, 0.717) is 13.0 Å². The van der Waals surface area contributed by atoms with Crippen LogP contribution in [0, 0.1) is 0 Å². The van der Waals surface area contributed by atoms with E-state index >= 15 is 0 Å². The maximum Gasteiger partial charge on any atom is 0.306 e. The predicted molar refractivity (Wildman–Crippen MR) is 47.7 cm³/mol. The van der Waals surface area contributed by atoms with Crippen LogP contribution < -0.4 is 5.73 Å². The van der Waals surface area contributed by atoms with E-state index in [1.54, 1.807) is 0 Å². The number of nitrogens with one attached hydrogen (secondary N) is 1. The lowest BCUT2D eigenvalue weighted by Gasteiger charge is -2.06. The second-order valence-corrected chi connectivity index (χ2v) is 3.10. The van der Waals surface area contributed by atoms with Crippen molar-refractivity contribution in [1.29, 1.82) is 0 Å². The average molecular weight is 172 g/mol. The van der Waals surface area contributed by atoms with Crippen molar-refractivity contribution in [2.75, 3.05) is 6.54 Å². The number of carbonyl (C=O) groups is 1. The first-order chi connectivity index (χ1) is 5.66. The van der Waals surface area contributed by atoms with Crippen LogP contribution in [0.1, 0.15) is 39.5 Å². The Balaban J connectivity index is 3.20. The van der Waals surface area contributed by atoms with Gasteiger partial charge in [-0.15, -0.1) is 0 Å². The van der Waals surface area contributed by atoms with Gasteiger partial charge in [0.2, 0.25) is 0 Å². The van der Waals surface area contributed by atoms with Crippen molar-refractivity contribution in [1.82, 2.24) is 5.73 Å². The van der Waals surface area contributed by atoms with Crippen LogP contribution in [0.3, 0.4) is 0 Å². The molecule has 0 unspecified atom stereocenters. The van der Waals surface area contributed by atoms with Gasteiger partial charge in [-0.1, -0.05) is 6.42 Å². The van der Waals surface area contributed by atoms with Gasteiger partial charge in [0.1, 0.15) is 0 Å². The summed E-state index contributed by atoms with van der Waals surface area (Å²) in [5.74, 6) is -0.116. The molecule has 0 aromatic carbocycles. The number of carbonyl (C=O) groups excluding carboxylic acids is 1. The smallest absolute Gasteiger partial charge is 0.306 e. The normalized spacial score (nSPS) is 10.3. The monoisotopic (exact) mass is 172 g/mol. The molecule has 0 spiro atoms. The number of unbranched alkanes of at least 4 members (excludes halogenated alkanes) is 2. The molecule has 1 N–H and O–H groups in total. The van der Waals surface area contributed by atoms with E-state index in [1.165, 1.54) is 0 Å². The lowest BCUT2D eigenvalue weighted by molar-refractivity contribution is -0.147. The van der Waals surface area contributed by atoms with Crippen LogP contribution in [0.15, 0.2) is 0 Å². The van der Waals surface area contributed by atoms with Crippen LogP contribution in [0.25, 0.3) is 0 Å². The topological polar surface area (TPSA) is 50.1 Å². The Labute approximate surface area is 74.3 Å². The van der Waals surface area contributed by atoms with Gasteiger partial charge >= 0.3 is 5.97 Å². The number of hydrogen-bond donors (Lipinski definition) is 0. The average Bonchev–Trinajstić information content (AvgIpc) is 1.97. The molecule has 3 nitrogen and oxygen atoms in total. The molecule has 0 heterocycles. The molecule has 71 valence electrons. The fourth-order valence-corrected chi connectivity index (χ4v) is 0.893. The van der Waals surface area contributed by atoms with Gasteiger partial charge in [-0.05, 0) is 26.7 Å². The maximum atomic E-state index is 10.9. The molecule has 0 saturated carbocycles. The second kappa shape index (κ2) is 7.10. The SMILES string of the molecule is CC(C)OC(=O)CCCCC[NH]. The molecule has 0 aliphatic rings. The van der Waals surface area contributed by atoms with Gasteiger partial charge in [0, 0.05) is 13.0 Å². The van der Waals surface area contributed by atoms with E-state index in [1.807, 2.05) is 13.8 Å². The number of ether oxygens (including phenoxy) is 1. The molecule has 0 aromatic rings. The Morgan fingerprint density at radius 2 is 2.00 bits per heavy atom. The first kappa shape index (κ1) is 11.4. The molecule has 0 amide bonds. The zero-order chi connectivity index (χ0) is 9.40. The van der Waals surface area contributed by atoms with Crippen molar-refractivity contribution in [3.8, 4) is 0 Å². The largest absolute Gasteiger partial charge is 0.463 e. The highest BCUT2D eigenvalue weighted by molar-refractivity contribution is 5.69. The standard InChI is InChI=1S/C9H18NO2/c1-8(2)12-9(11)6-4-3-5-7-10/h8,10H,3-7H2,1-2H3. The first-order valence-electron chi connectivity index (χ1n) is 4.51. The highest BCUT2D eigenvalue weighted by atomic mass is 16.5. The quantitative estimate of drug-likeness (QED) is 0.453. The highest BCUT2D eigenvalue weighted by Crippen LogP contribution is 2.01. The van der Waals surface area contributed by atoms with E-state index in [4.69, 9.17) is 10.5 Å². The van der Waals surface area contributed by atoms with Crippen molar-refractivity contribution in [3.05, 3.63) is 0 Å². The molecule has 1 radical (unpaired) electrons. The summed E-state index contributed by atoms with van der Waals surface area (Å²) in [5.41, 5.74) is 6.89. The zero-order valence-corrected chi connectivity index (χ0v) is 7.93.